The van der Waals surface area contributed by atoms with E-state index in [9.17, 15) is 18.6 Å². The standard InChI is InChI=1S/C15H20N2O5S2/c1-10-11(16-15(22-10)14-3-2-6-23-14)7-17(4-5-18)12-8-24(20,21)9-13(12)19/h2-3,6,12-13,18-19H,4-5,7-9H2,1H3/t12-,13+/m0/s1. The van der Waals surface area contributed by atoms with Crippen molar-refractivity contribution in [3.63, 3.8) is 0 Å². The third kappa shape index (κ3) is 3.70. The third-order valence-electron chi connectivity index (χ3n) is 4.13. The maximum absolute atomic E-state index is 11.8. The Bertz CT molecular complexity index is 785. The molecular formula is C15H20N2O5S2. The van der Waals surface area contributed by atoms with Gasteiger partial charge in [-0.05, 0) is 18.4 Å². The molecule has 2 N–H and O–H groups in total. The van der Waals surface area contributed by atoms with E-state index in [1.807, 2.05) is 17.5 Å². The lowest BCUT2D eigenvalue weighted by atomic mass is 10.1. The Morgan fingerprint density at radius 3 is 2.83 bits per heavy atom. The van der Waals surface area contributed by atoms with Gasteiger partial charge in [0.15, 0.2) is 9.84 Å². The zero-order chi connectivity index (χ0) is 17.3. The largest absolute Gasteiger partial charge is 0.440 e. The minimum absolute atomic E-state index is 0.108. The van der Waals surface area contributed by atoms with Crippen LogP contribution in [0.4, 0.5) is 0 Å². The van der Waals surface area contributed by atoms with Crippen molar-refractivity contribution in [2.75, 3.05) is 24.7 Å². The molecule has 2 aromatic heterocycles. The summed E-state index contributed by atoms with van der Waals surface area (Å²) in [5.74, 6) is 0.832. The molecule has 132 valence electrons. The first-order chi connectivity index (χ1) is 11.4. The van der Waals surface area contributed by atoms with Crippen molar-refractivity contribution >= 4 is 21.2 Å². The number of oxazole rings is 1. The number of aliphatic hydroxyl groups excluding tert-OH is 2. The van der Waals surface area contributed by atoms with Gasteiger partial charge >= 0.3 is 0 Å². The Morgan fingerprint density at radius 1 is 1.46 bits per heavy atom. The van der Waals surface area contributed by atoms with Gasteiger partial charge in [0.1, 0.15) is 5.76 Å². The predicted molar refractivity (Wildman–Crippen MR) is 90.5 cm³/mol. The maximum atomic E-state index is 11.8. The lowest BCUT2D eigenvalue weighted by Crippen LogP contribution is -2.44. The van der Waals surface area contributed by atoms with Crippen molar-refractivity contribution in [3.05, 3.63) is 29.0 Å². The second kappa shape index (κ2) is 6.93. The van der Waals surface area contributed by atoms with Gasteiger partial charge in [0.2, 0.25) is 5.89 Å². The Morgan fingerprint density at radius 2 is 2.25 bits per heavy atom. The van der Waals surface area contributed by atoms with Crippen LogP contribution in [0.25, 0.3) is 10.8 Å². The van der Waals surface area contributed by atoms with Crippen LogP contribution in [0.3, 0.4) is 0 Å². The van der Waals surface area contributed by atoms with E-state index < -0.39 is 22.0 Å². The van der Waals surface area contributed by atoms with Crippen LogP contribution in [0.1, 0.15) is 11.5 Å². The average Bonchev–Trinajstić information content (AvgIpc) is 3.19. The molecule has 2 atom stereocenters. The fourth-order valence-electron chi connectivity index (χ4n) is 2.92. The van der Waals surface area contributed by atoms with Crippen LogP contribution in [0, 0.1) is 6.92 Å². The van der Waals surface area contributed by atoms with Crippen molar-refractivity contribution in [1.29, 1.82) is 0 Å². The lowest BCUT2D eigenvalue weighted by Gasteiger charge is -2.28. The minimum atomic E-state index is -3.26. The molecule has 0 aromatic carbocycles. The highest BCUT2D eigenvalue weighted by molar-refractivity contribution is 7.91. The molecular weight excluding hydrogens is 352 g/mol. The van der Waals surface area contributed by atoms with E-state index >= 15 is 0 Å². The maximum Gasteiger partial charge on any atom is 0.236 e. The summed E-state index contributed by atoms with van der Waals surface area (Å²) >= 11 is 1.52. The van der Waals surface area contributed by atoms with Gasteiger partial charge in [-0.1, -0.05) is 6.07 Å². The predicted octanol–water partition coefficient (Wildman–Crippen LogP) is 0.664. The van der Waals surface area contributed by atoms with Crippen LogP contribution in [0.15, 0.2) is 21.9 Å². The quantitative estimate of drug-likeness (QED) is 0.768. The first kappa shape index (κ1) is 17.6. The number of hydrogen-bond acceptors (Lipinski definition) is 8. The monoisotopic (exact) mass is 372 g/mol. The number of hydrogen-bond donors (Lipinski definition) is 2. The molecule has 1 aliphatic rings. The van der Waals surface area contributed by atoms with Gasteiger partial charge in [-0.25, -0.2) is 13.4 Å². The van der Waals surface area contributed by atoms with Crippen LogP contribution in [-0.2, 0) is 16.4 Å². The van der Waals surface area contributed by atoms with Crippen molar-refractivity contribution in [3.8, 4) is 10.8 Å². The second-order valence-electron chi connectivity index (χ2n) is 5.90. The summed E-state index contributed by atoms with van der Waals surface area (Å²) in [6, 6.07) is 3.29. The van der Waals surface area contributed by atoms with Crippen LogP contribution in [0.5, 0.6) is 0 Å². The molecule has 24 heavy (non-hydrogen) atoms. The van der Waals surface area contributed by atoms with Gasteiger partial charge < -0.3 is 14.6 Å². The van der Waals surface area contributed by atoms with Gasteiger partial charge in [0.25, 0.3) is 0 Å². The highest BCUT2D eigenvalue weighted by Gasteiger charge is 2.40. The van der Waals surface area contributed by atoms with Crippen LogP contribution < -0.4 is 0 Å². The Balaban J connectivity index is 1.81. The fourth-order valence-corrected chi connectivity index (χ4v) is 5.40. The van der Waals surface area contributed by atoms with Gasteiger partial charge in [0.05, 0.1) is 40.8 Å². The van der Waals surface area contributed by atoms with E-state index in [0.717, 1.165) is 4.88 Å². The second-order valence-corrected chi connectivity index (χ2v) is 9.01. The molecule has 9 heteroatoms. The normalized spacial score (nSPS) is 23.2. The van der Waals surface area contributed by atoms with Gasteiger partial charge in [0, 0.05) is 13.1 Å². The molecule has 2 aromatic rings. The minimum Gasteiger partial charge on any atom is -0.440 e. The molecule has 1 saturated heterocycles. The highest BCUT2D eigenvalue weighted by atomic mass is 32.2. The topological polar surface area (TPSA) is 104 Å². The molecule has 7 nitrogen and oxygen atoms in total. The summed E-state index contributed by atoms with van der Waals surface area (Å²) in [6.45, 7) is 2.26. The first-order valence-corrected chi connectivity index (χ1v) is 10.3. The molecule has 0 saturated carbocycles. The number of aryl methyl sites for hydroxylation is 1. The summed E-state index contributed by atoms with van der Waals surface area (Å²) in [7, 11) is -3.26. The van der Waals surface area contributed by atoms with Crippen LogP contribution in [0.2, 0.25) is 0 Å². The van der Waals surface area contributed by atoms with Crippen molar-refractivity contribution in [1.82, 2.24) is 9.88 Å². The summed E-state index contributed by atoms with van der Waals surface area (Å²) in [6.07, 6.45) is -0.953. The van der Waals surface area contributed by atoms with Crippen molar-refractivity contribution < 1.29 is 23.0 Å². The zero-order valence-electron chi connectivity index (χ0n) is 13.3. The summed E-state index contributed by atoms with van der Waals surface area (Å²) in [4.78, 5) is 7.18. The lowest BCUT2D eigenvalue weighted by molar-refractivity contribution is 0.0645. The first-order valence-electron chi connectivity index (χ1n) is 7.63. The average molecular weight is 372 g/mol. The highest BCUT2D eigenvalue weighted by Crippen LogP contribution is 2.27. The van der Waals surface area contributed by atoms with E-state index in [4.69, 9.17) is 4.42 Å². The molecule has 3 rings (SSSR count). The smallest absolute Gasteiger partial charge is 0.236 e. The Kier molecular flexibility index (Phi) is 5.07. The van der Waals surface area contributed by atoms with Gasteiger partial charge in [-0.15, -0.1) is 11.3 Å². The van der Waals surface area contributed by atoms with Crippen LogP contribution >= 0.6 is 11.3 Å². The molecule has 1 fully saturated rings. The molecule has 0 unspecified atom stereocenters. The van der Waals surface area contributed by atoms with Crippen molar-refractivity contribution in [2.45, 2.75) is 25.6 Å². The number of aliphatic hydroxyl groups is 2. The van der Waals surface area contributed by atoms with Gasteiger partial charge in [-0.2, -0.15) is 0 Å². The summed E-state index contributed by atoms with van der Waals surface area (Å²) in [5.41, 5.74) is 0.684. The number of sulfone groups is 1. The number of thiophene rings is 1. The molecule has 0 amide bonds. The van der Waals surface area contributed by atoms with E-state index in [-0.39, 0.29) is 24.7 Å². The van der Waals surface area contributed by atoms with E-state index in [2.05, 4.69) is 4.98 Å². The Hall–Kier alpha value is -1.26. The van der Waals surface area contributed by atoms with E-state index in [1.54, 1.807) is 11.8 Å². The SMILES string of the molecule is Cc1oc(-c2cccs2)nc1CN(CCO)[C@H]1CS(=O)(=O)C[C@H]1O. The van der Waals surface area contributed by atoms with E-state index in [0.29, 0.717) is 23.9 Å². The molecule has 0 spiro atoms. The van der Waals surface area contributed by atoms with Crippen LogP contribution in [-0.4, -0.2) is 65.3 Å². The van der Waals surface area contributed by atoms with E-state index in [1.165, 1.54) is 11.3 Å². The summed E-state index contributed by atoms with van der Waals surface area (Å²) < 4.78 is 29.2. The number of aromatic nitrogens is 1. The summed E-state index contributed by atoms with van der Waals surface area (Å²) in [5, 5.41) is 21.3. The van der Waals surface area contributed by atoms with Gasteiger partial charge in [-0.3, -0.25) is 4.90 Å². The molecule has 0 radical (unpaired) electrons. The molecule has 1 aliphatic heterocycles. The Labute approximate surface area is 144 Å². The fraction of sp³-hybridized carbons (Fsp3) is 0.533. The third-order valence-corrected chi connectivity index (χ3v) is 6.68. The number of nitrogens with zero attached hydrogens (tertiary/aromatic N) is 2. The zero-order valence-corrected chi connectivity index (χ0v) is 14.9. The molecule has 3 heterocycles. The van der Waals surface area contributed by atoms with Crippen molar-refractivity contribution in [2.24, 2.45) is 0 Å². The molecule has 0 aliphatic carbocycles. The number of rotatable bonds is 6. The molecule has 0 bridgehead atoms.